The molecule has 0 unspecified atom stereocenters. The van der Waals surface area contributed by atoms with Crippen LogP contribution in [0.5, 0.6) is 5.75 Å². The number of carboxylic acids is 1. The van der Waals surface area contributed by atoms with Gasteiger partial charge in [-0.15, -0.1) is 0 Å². The summed E-state index contributed by atoms with van der Waals surface area (Å²) < 4.78 is 6.03. The van der Waals surface area contributed by atoms with Crippen molar-refractivity contribution in [1.82, 2.24) is 4.90 Å². The molecule has 3 aromatic rings. The van der Waals surface area contributed by atoms with Crippen LogP contribution in [0, 0.1) is 0 Å². The highest BCUT2D eigenvalue weighted by Gasteiger charge is 2.36. The Morgan fingerprint density at radius 3 is 2.62 bits per heavy atom. The second-order valence-corrected chi connectivity index (χ2v) is 8.72. The van der Waals surface area contributed by atoms with Crippen LogP contribution in [0.1, 0.15) is 11.1 Å². The molecule has 1 aliphatic heterocycles. The maximum atomic E-state index is 12.6. The van der Waals surface area contributed by atoms with Gasteiger partial charge in [-0.3, -0.25) is 19.3 Å². The summed E-state index contributed by atoms with van der Waals surface area (Å²) in [6.45, 7) is -0.522. The Morgan fingerprint density at radius 1 is 1.09 bits per heavy atom. The molecule has 4 rings (SSSR count). The average Bonchev–Trinajstić information content (AvgIpc) is 3.01. The number of hydrogen-bond donors (Lipinski definition) is 1. The minimum atomic E-state index is -1.26. The van der Waals surface area contributed by atoms with E-state index in [2.05, 4.69) is 0 Å². The number of halogens is 2. The fourth-order valence-electron chi connectivity index (χ4n) is 3.25. The maximum Gasteiger partial charge on any atom is 0.323 e. The van der Waals surface area contributed by atoms with Crippen LogP contribution in [0.3, 0.4) is 0 Å². The molecule has 1 heterocycles. The summed E-state index contributed by atoms with van der Waals surface area (Å²) in [6.07, 6.45) is 1.56. The Kier molecular flexibility index (Phi) is 6.41. The molecule has 1 fully saturated rings. The van der Waals surface area contributed by atoms with Crippen molar-refractivity contribution in [2.24, 2.45) is 0 Å². The predicted molar refractivity (Wildman–Crippen MR) is 125 cm³/mol. The lowest BCUT2D eigenvalue weighted by molar-refractivity contribution is -0.140. The third-order valence-electron chi connectivity index (χ3n) is 4.77. The second kappa shape index (κ2) is 9.24. The van der Waals surface area contributed by atoms with E-state index in [1.54, 1.807) is 30.3 Å². The average molecular weight is 488 g/mol. The van der Waals surface area contributed by atoms with Gasteiger partial charge in [0, 0.05) is 21.2 Å². The van der Waals surface area contributed by atoms with E-state index in [0.717, 1.165) is 16.3 Å². The molecule has 6 nitrogen and oxygen atoms in total. The predicted octanol–water partition coefficient (Wildman–Crippen LogP) is 5.85. The van der Waals surface area contributed by atoms with Gasteiger partial charge in [-0.05, 0) is 46.8 Å². The molecule has 2 amide bonds. The minimum absolute atomic E-state index is 0.127. The number of ether oxygens (including phenoxy) is 1. The van der Waals surface area contributed by atoms with Crippen molar-refractivity contribution in [2.45, 2.75) is 6.61 Å². The third-order valence-corrected chi connectivity index (χ3v) is 6.27. The van der Waals surface area contributed by atoms with Gasteiger partial charge in [-0.2, -0.15) is 0 Å². The van der Waals surface area contributed by atoms with Gasteiger partial charge in [-0.25, -0.2) is 0 Å². The molecule has 3 aromatic carbocycles. The Hall–Kier alpha value is -3.00. The number of rotatable bonds is 6. The molecule has 0 aromatic heterocycles. The number of imide groups is 1. The summed E-state index contributed by atoms with van der Waals surface area (Å²) in [5.41, 5.74) is 1.34. The number of carbonyl (C=O) groups is 3. The first kappa shape index (κ1) is 22.2. The number of carbonyl (C=O) groups excluding carboxylic acids is 2. The summed E-state index contributed by atoms with van der Waals surface area (Å²) in [7, 11) is 0. The van der Waals surface area contributed by atoms with E-state index in [9.17, 15) is 14.4 Å². The van der Waals surface area contributed by atoms with Gasteiger partial charge in [0.05, 0.1) is 4.91 Å². The lowest BCUT2D eigenvalue weighted by Crippen LogP contribution is -2.33. The molecule has 0 bridgehead atoms. The zero-order chi connectivity index (χ0) is 22.8. The van der Waals surface area contributed by atoms with E-state index >= 15 is 0 Å². The SMILES string of the molecule is O=C(O)CN1C(=O)S/C(=C/c2c(OCc3ccc(Cl)cc3Cl)ccc3ccccc23)C1=O. The highest BCUT2D eigenvalue weighted by Crippen LogP contribution is 2.37. The van der Waals surface area contributed by atoms with Crippen LogP contribution >= 0.6 is 35.0 Å². The van der Waals surface area contributed by atoms with Gasteiger partial charge in [0.1, 0.15) is 18.9 Å². The van der Waals surface area contributed by atoms with Crippen LogP contribution in [-0.4, -0.2) is 33.7 Å². The van der Waals surface area contributed by atoms with Gasteiger partial charge in [0.25, 0.3) is 11.1 Å². The first-order chi connectivity index (χ1) is 15.3. The molecule has 162 valence electrons. The third kappa shape index (κ3) is 4.60. The Morgan fingerprint density at radius 2 is 1.88 bits per heavy atom. The molecule has 9 heteroatoms. The van der Waals surface area contributed by atoms with E-state index in [1.165, 1.54) is 0 Å². The number of hydrogen-bond acceptors (Lipinski definition) is 5. The summed E-state index contributed by atoms with van der Waals surface area (Å²) in [6, 6.07) is 16.3. The normalized spacial score (nSPS) is 15.1. The Labute approximate surface area is 197 Å². The molecule has 32 heavy (non-hydrogen) atoms. The molecule has 0 atom stereocenters. The number of thioether (sulfide) groups is 1. The lowest BCUT2D eigenvalue weighted by Gasteiger charge is -2.13. The number of nitrogens with zero attached hydrogens (tertiary/aromatic N) is 1. The second-order valence-electron chi connectivity index (χ2n) is 6.88. The lowest BCUT2D eigenvalue weighted by atomic mass is 10.0. The Balaban J connectivity index is 1.72. The highest BCUT2D eigenvalue weighted by molar-refractivity contribution is 8.18. The van der Waals surface area contributed by atoms with Crippen LogP contribution in [0.25, 0.3) is 16.8 Å². The molecule has 0 radical (unpaired) electrons. The Bertz CT molecular complexity index is 1290. The molecule has 0 aliphatic carbocycles. The largest absolute Gasteiger partial charge is 0.488 e. The maximum absolute atomic E-state index is 12.6. The minimum Gasteiger partial charge on any atom is -0.488 e. The summed E-state index contributed by atoms with van der Waals surface area (Å²) >= 11 is 12.9. The standard InChI is InChI=1S/C23H15Cl2NO5S/c24-15-7-5-14(18(25)9-15)12-31-19-8-6-13-3-1-2-4-16(13)17(19)10-20-22(29)26(11-21(27)28)23(30)32-20/h1-10H,11-12H2,(H,27,28)/b20-10+. The molecular weight excluding hydrogens is 473 g/mol. The van der Waals surface area contributed by atoms with Crippen LogP contribution in [0.2, 0.25) is 10.0 Å². The van der Waals surface area contributed by atoms with E-state index in [0.29, 0.717) is 38.0 Å². The number of carboxylic acid groups (broad SMARTS) is 1. The molecule has 0 saturated carbocycles. The first-order valence-corrected chi connectivity index (χ1v) is 11.0. The zero-order valence-corrected chi connectivity index (χ0v) is 18.7. The van der Waals surface area contributed by atoms with Gasteiger partial charge in [-0.1, -0.05) is 59.6 Å². The number of benzene rings is 3. The van der Waals surface area contributed by atoms with Crippen LogP contribution < -0.4 is 4.74 Å². The van der Waals surface area contributed by atoms with Crippen molar-refractivity contribution in [3.05, 3.63) is 80.7 Å². The van der Waals surface area contributed by atoms with Crippen molar-refractivity contribution in [3.63, 3.8) is 0 Å². The van der Waals surface area contributed by atoms with Crippen molar-refractivity contribution >= 4 is 68.9 Å². The summed E-state index contributed by atoms with van der Waals surface area (Å²) in [5.74, 6) is -1.43. The molecule has 0 spiro atoms. The molecule has 1 aliphatic rings. The van der Waals surface area contributed by atoms with Crippen molar-refractivity contribution in [2.75, 3.05) is 6.54 Å². The fourth-order valence-corrected chi connectivity index (χ4v) is 4.53. The molecular formula is C23H15Cl2NO5S. The molecule has 1 N–H and O–H groups in total. The first-order valence-electron chi connectivity index (χ1n) is 9.39. The van der Waals surface area contributed by atoms with Gasteiger partial charge >= 0.3 is 5.97 Å². The van der Waals surface area contributed by atoms with Crippen molar-refractivity contribution in [1.29, 1.82) is 0 Å². The van der Waals surface area contributed by atoms with E-state index < -0.39 is 23.7 Å². The number of aliphatic carboxylic acids is 1. The summed E-state index contributed by atoms with van der Waals surface area (Å²) in [4.78, 5) is 36.6. The number of fused-ring (bicyclic) bond motifs is 1. The highest BCUT2D eigenvalue weighted by atomic mass is 35.5. The molecule has 1 saturated heterocycles. The van der Waals surface area contributed by atoms with E-state index in [1.807, 2.05) is 30.3 Å². The summed E-state index contributed by atoms with van der Waals surface area (Å²) in [5, 5.41) is 11.1. The van der Waals surface area contributed by atoms with Crippen LogP contribution in [0.4, 0.5) is 4.79 Å². The van der Waals surface area contributed by atoms with E-state index in [-0.39, 0.29) is 11.5 Å². The van der Waals surface area contributed by atoms with E-state index in [4.69, 9.17) is 33.0 Å². The monoisotopic (exact) mass is 487 g/mol. The van der Waals surface area contributed by atoms with Crippen LogP contribution in [0.15, 0.2) is 59.5 Å². The van der Waals surface area contributed by atoms with Crippen molar-refractivity contribution < 1.29 is 24.2 Å². The fraction of sp³-hybridized carbons (Fsp3) is 0.0870. The van der Waals surface area contributed by atoms with Gasteiger partial charge in [0.15, 0.2) is 0 Å². The van der Waals surface area contributed by atoms with Crippen LogP contribution in [-0.2, 0) is 16.2 Å². The topological polar surface area (TPSA) is 83.9 Å². The van der Waals surface area contributed by atoms with Crippen molar-refractivity contribution in [3.8, 4) is 5.75 Å². The quantitative estimate of drug-likeness (QED) is 0.439. The number of amides is 2. The van der Waals surface area contributed by atoms with Gasteiger partial charge in [0.2, 0.25) is 0 Å². The zero-order valence-electron chi connectivity index (χ0n) is 16.4. The van der Waals surface area contributed by atoms with Gasteiger partial charge < -0.3 is 9.84 Å². The smallest absolute Gasteiger partial charge is 0.323 e.